The predicted molar refractivity (Wildman–Crippen MR) is 102 cm³/mol. The highest BCUT2D eigenvalue weighted by molar-refractivity contribution is 7.89. The number of sulfonamides is 1. The van der Waals surface area contributed by atoms with E-state index in [1.165, 1.54) is 0 Å². The van der Waals surface area contributed by atoms with E-state index >= 15 is 0 Å². The van der Waals surface area contributed by atoms with E-state index in [-0.39, 0.29) is 17.8 Å². The standard InChI is InChI=1S/C16H23N3O2S2.ClH/c1-16(2,3)15-18-13-6-5-12(11-14(13)22-15)23(20,21)19-9-4-7-17-8-10-19;/h5-6,11,17H,4,7-10H2,1-3H3;1H. The molecular formula is C16H24ClN3O2S2. The van der Waals surface area contributed by atoms with E-state index in [0.29, 0.717) is 24.5 Å². The Morgan fingerprint density at radius 1 is 1.21 bits per heavy atom. The number of hydrogen-bond acceptors (Lipinski definition) is 5. The SMILES string of the molecule is CC(C)(C)c1nc2ccc(S(=O)(=O)N3CCCNCC3)cc2s1.Cl. The van der Waals surface area contributed by atoms with Gasteiger partial charge in [0.25, 0.3) is 0 Å². The van der Waals surface area contributed by atoms with Gasteiger partial charge in [0.05, 0.1) is 20.1 Å². The van der Waals surface area contributed by atoms with Crippen molar-refractivity contribution >= 4 is 44.0 Å². The molecule has 8 heteroatoms. The molecule has 3 rings (SSSR count). The molecule has 1 fully saturated rings. The van der Waals surface area contributed by atoms with Crippen LogP contribution < -0.4 is 5.32 Å². The first-order chi connectivity index (χ1) is 10.8. The van der Waals surface area contributed by atoms with Gasteiger partial charge in [0.15, 0.2) is 0 Å². The average molecular weight is 390 g/mol. The third kappa shape index (κ3) is 3.91. The van der Waals surface area contributed by atoms with Crippen molar-refractivity contribution in [3.8, 4) is 0 Å². The maximum atomic E-state index is 12.9. The molecule has 0 aliphatic carbocycles. The summed E-state index contributed by atoms with van der Waals surface area (Å²) in [6.07, 6.45) is 0.843. The quantitative estimate of drug-likeness (QED) is 0.857. The zero-order chi connectivity index (χ0) is 16.7. The van der Waals surface area contributed by atoms with Gasteiger partial charge in [-0.2, -0.15) is 4.31 Å². The summed E-state index contributed by atoms with van der Waals surface area (Å²) < 4.78 is 28.3. The van der Waals surface area contributed by atoms with Crippen molar-refractivity contribution in [3.05, 3.63) is 23.2 Å². The van der Waals surface area contributed by atoms with Crippen LogP contribution in [0.5, 0.6) is 0 Å². The monoisotopic (exact) mass is 389 g/mol. The molecule has 134 valence electrons. The van der Waals surface area contributed by atoms with Crippen molar-refractivity contribution in [1.29, 1.82) is 0 Å². The Bertz CT molecular complexity index is 804. The van der Waals surface area contributed by atoms with E-state index in [4.69, 9.17) is 0 Å². The summed E-state index contributed by atoms with van der Waals surface area (Å²) in [7, 11) is -3.43. The predicted octanol–water partition coefficient (Wildman–Crippen LogP) is 3.00. The number of nitrogens with zero attached hydrogens (tertiary/aromatic N) is 2. The molecule has 1 aromatic carbocycles. The second-order valence-corrected chi connectivity index (χ2v) is 9.87. The minimum atomic E-state index is -3.43. The zero-order valence-corrected chi connectivity index (χ0v) is 16.7. The van der Waals surface area contributed by atoms with Crippen LogP contribution in [0.25, 0.3) is 10.2 Å². The van der Waals surface area contributed by atoms with Crippen LogP contribution in [-0.4, -0.2) is 43.9 Å². The molecular weight excluding hydrogens is 366 g/mol. The van der Waals surface area contributed by atoms with Crippen LogP contribution in [-0.2, 0) is 15.4 Å². The first-order valence-electron chi connectivity index (χ1n) is 7.90. The molecule has 2 aromatic rings. The third-order valence-electron chi connectivity index (χ3n) is 3.94. The zero-order valence-electron chi connectivity index (χ0n) is 14.2. The molecule has 0 unspecified atom stereocenters. The van der Waals surface area contributed by atoms with Crippen molar-refractivity contribution in [2.75, 3.05) is 26.2 Å². The number of halogens is 1. The molecule has 0 bridgehead atoms. The lowest BCUT2D eigenvalue weighted by Crippen LogP contribution is -2.34. The second kappa shape index (κ2) is 7.25. The first-order valence-corrected chi connectivity index (χ1v) is 10.2. The van der Waals surface area contributed by atoms with E-state index in [2.05, 4.69) is 31.1 Å². The molecule has 0 atom stereocenters. The Morgan fingerprint density at radius 3 is 2.67 bits per heavy atom. The molecule has 1 aromatic heterocycles. The van der Waals surface area contributed by atoms with Crippen LogP contribution >= 0.6 is 23.7 Å². The van der Waals surface area contributed by atoms with Crippen LogP contribution in [0.15, 0.2) is 23.1 Å². The highest BCUT2D eigenvalue weighted by Crippen LogP contribution is 2.32. The maximum absolute atomic E-state index is 12.9. The number of fused-ring (bicyclic) bond motifs is 1. The Kier molecular flexibility index (Phi) is 5.92. The van der Waals surface area contributed by atoms with Gasteiger partial charge in [-0.25, -0.2) is 13.4 Å². The number of thiazole rings is 1. The van der Waals surface area contributed by atoms with Gasteiger partial charge in [0, 0.05) is 25.0 Å². The number of aromatic nitrogens is 1. The number of rotatable bonds is 2. The summed E-state index contributed by atoms with van der Waals surface area (Å²) >= 11 is 1.58. The normalized spacial score (nSPS) is 17.5. The molecule has 2 heterocycles. The fourth-order valence-electron chi connectivity index (χ4n) is 2.60. The molecule has 24 heavy (non-hydrogen) atoms. The molecule has 0 spiro atoms. The fraction of sp³-hybridized carbons (Fsp3) is 0.562. The van der Waals surface area contributed by atoms with Gasteiger partial charge in [-0.15, -0.1) is 23.7 Å². The van der Waals surface area contributed by atoms with Crippen LogP contribution in [0, 0.1) is 0 Å². The van der Waals surface area contributed by atoms with Gasteiger partial charge in [-0.3, -0.25) is 0 Å². The lowest BCUT2D eigenvalue weighted by molar-refractivity contribution is 0.432. The highest BCUT2D eigenvalue weighted by atomic mass is 35.5. The maximum Gasteiger partial charge on any atom is 0.243 e. The minimum absolute atomic E-state index is 0. The minimum Gasteiger partial charge on any atom is -0.315 e. The summed E-state index contributed by atoms with van der Waals surface area (Å²) in [5.74, 6) is 0. The van der Waals surface area contributed by atoms with E-state index in [9.17, 15) is 8.42 Å². The molecule has 1 aliphatic rings. The lowest BCUT2D eigenvalue weighted by atomic mass is 9.98. The number of nitrogens with one attached hydrogen (secondary N) is 1. The topological polar surface area (TPSA) is 62.3 Å². The van der Waals surface area contributed by atoms with Crippen LogP contribution in [0.2, 0.25) is 0 Å². The number of benzene rings is 1. The molecule has 0 radical (unpaired) electrons. The van der Waals surface area contributed by atoms with Crippen molar-refractivity contribution in [3.63, 3.8) is 0 Å². The molecule has 5 nitrogen and oxygen atoms in total. The van der Waals surface area contributed by atoms with Crippen molar-refractivity contribution in [2.24, 2.45) is 0 Å². The van der Waals surface area contributed by atoms with Crippen molar-refractivity contribution in [2.45, 2.75) is 37.5 Å². The number of hydrogen-bond donors (Lipinski definition) is 1. The third-order valence-corrected chi connectivity index (χ3v) is 7.28. The van der Waals surface area contributed by atoms with E-state index in [0.717, 1.165) is 28.2 Å². The smallest absolute Gasteiger partial charge is 0.243 e. The Morgan fingerprint density at radius 2 is 1.96 bits per heavy atom. The summed E-state index contributed by atoms with van der Waals surface area (Å²) in [5.41, 5.74) is 0.843. The molecule has 1 aliphatic heterocycles. The van der Waals surface area contributed by atoms with E-state index in [1.54, 1.807) is 27.8 Å². The largest absolute Gasteiger partial charge is 0.315 e. The molecule has 0 saturated carbocycles. The van der Waals surface area contributed by atoms with E-state index < -0.39 is 10.0 Å². The average Bonchev–Trinajstić information content (AvgIpc) is 2.72. The van der Waals surface area contributed by atoms with Crippen LogP contribution in [0.4, 0.5) is 0 Å². The van der Waals surface area contributed by atoms with Crippen molar-refractivity contribution in [1.82, 2.24) is 14.6 Å². The lowest BCUT2D eigenvalue weighted by Gasteiger charge is -2.19. The van der Waals surface area contributed by atoms with Gasteiger partial charge in [0.1, 0.15) is 0 Å². The van der Waals surface area contributed by atoms with Crippen molar-refractivity contribution < 1.29 is 8.42 Å². The van der Waals surface area contributed by atoms with Crippen LogP contribution in [0.1, 0.15) is 32.2 Å². The summed E-state index contributed by atoms with van der Waals surface area (Å²) in [6.45, 7) is 9.02. The Balaban J connectivity index is 0.00000208. The highest BCUT2D eigenvalue weighted by Gasteiger charge is 2.26. The van der Waals surface area contributed by atoms with Crippen LogP contribution in [0.3, 0.4) is 0 Å². The summed E-state index contributed by atoms with van der Waals surface area (Å²) in [5, 5.41) is 4.27. The fourth-order valence-corrected chi connectivity index (χ4v) is 5.24. The Labute approximate surface area is 153 Å². The molecule has 0 amide bonds. The van der Waals surface area contributed by atoms with Gasteiger partial charge in [0.2, 0.25) is 10.0 Å². The van der Waals surface area contributed by atoms with E-state index in [1.807, 2.05) is 6.07 Å². The second-order valence-electron chi connectivity index (χ2n) is 6.91. The first kappa shape index (κ1) is 19.6. The Hall–Kier alpha value is -0.730. The summed E-state index contributed by atoms with van der Waals surface area (Å²) in [6, 6.07) is 5.28. The molecule has 1 saturated heterocycles. The van der Waals surface area contributed by atoms with Gasteiger partial charge >= 0.3 is 0 Å². The van der Waals surface area contributed by atoms with Gasteiger partial charge < -0.3 is 5.32 Å². The molecule has 1 N–H and O–H groups in total. The summed E-state index contributed by atoms with van der Waals surface area (Å²) in [4.78, 5) is 5.01. The van der Waals surface area contributed by atoms with Gasteiger partial charge in [-0.1, -0.05) is 20.8 Å². The van der Waals surface area contributed by atoms with Gasteiger partial charge in [-0.05, 0) is 31.2 Å².